The first-order chi connectivity index (χ1) is 9.00. The molecule has 0 amide bonds. The number of hydrogen-bond acceptors (Lipinski definition) is 4. The van der Waals surface area contributed by atoms with Gasteiger partial charge in [-0.15, -0.1) is 4.91 Å². The molecule has 19 heavy (non-hydrogen) atoms. The van der Waals surface area contributed by atoms with Crippen molar-refractivity contribution in [1.82, 2.24) is 0 Å². The summed E-state index contributed by atoms with van der Waals surface area (Å²) in [4.78, 5) is 21.3. The van der Waals surface area contributed by atoms with Crippen LogP contribution in [0.15, 0.2) is 11.2 Å². The maximum absolute atomic E-state index is 10.8. The Balaban J connectivity index is 2.37. The van der Waals surface area contributed by atoms with Crippen molar-refractivity contribution < 1.29 is 9.53 Å². The predicted molar refractivity (Wildman–Crippen MR) is 74.0 cm³/mol. The number of nitrogens with zero attached hydrogens (tertiary/aromatic N) is 1. The molecule has 4 nitrogen and oxygen atoms in total. The highest BCUT2D eigenvalue weighted by Crippen LogP contribution is 2.41. The third kappa shape index (κ3) is 2.53. The molecule has 0 fully saturated rings. The van der Waals surface area contributed by atoms with Crippen molar-refractivity contribution in [2.45, 2.75) is 52.1 Å². The number of carbonyl (C=O) groups excluding carboxylic acids is 1. The van der Waals surface area contributed by atoms with Crippen molar-refractivity contribution >= 4 is 12.0 Å². The maximum atomic E-state index is 10.8. The van der Waals surface area contributed by atoms with E-state index in [1.165, 1.54) is 0 Å². The monoisotopic (exact) mass is 261 g/mol. The van der Waals surface area contributed by atoms with Crippen LogP contribution in [0.3, 0.4) is 0 Å². The molecule has 1 heterocycles. The lowest BCUT2D eigenvalue weighted by molar-refractivity contribution is -0.108. The second-order valence-electron chi connectivity index (χ2n) is 5.48. The number of fused-ring (bicyclic) bond motifs is 1. The quantitative estimate of drug-likeness (QED) is 0.612. The van der Waals surface area contributed by atoms with Gasteiger partial charge in [0, 0.05) is 6.42 Å². The van der Waals surface area contributed by atoms with Crippen molar-refractivity contribution in [3.8, 4) is 5.75 Å². The molecule has 1 aromatic rings. The summed E-state index contributed by atoms with van der Waals surface area (Å²) < 4.78 is 6.13. The van der Waals surface area contributed by atoms with Crippen LogP contribution < -0.4 is 4.74 Å². The third-order valence-corrected chi connectivity index (χ3v) is 4.05. The minimum Gasteiger partial charge on any atom is -0.487 e. The van der Waals surface area contributed by atoms with Gasteiger partial charge in [0.05, 0.1) is 0 Å². The van der Waals surface area contributed by atoms with Crippen LogP contribution in [0.2, 0.25) is 0 Å². The number of aldehydes is 1. The molecule has 0 bridgehead atoms. The molecule has 1 aromatic carbocycles. The van der Waals surface area contributed by atoms with Crippen molar-refractivity contribution in [2.75, 3.05) is 0 Å². The zero-order valence-corrected chi connectivity index (χ0v) is 11.7. The van der Waals surface area contributed by atoms with Crippen LogP contribution in [-0.4, -0.2) is 11.9 Å². The fourth-order valence-corrected chi connectivity index (χ4v) is 2.60. The molecule has 0 saturated heterocycles. The molecule has 0 N–H and O–H groups in total. The molecule has 0 unspecified atom stereocenters. The van der Waals surface area contributed by atoms with Gasteiger partial charge < -0.3 is 9.53 Å². The number of benzene rings is 1. The lowest BCUT2D eigenvalue weighted by Gasteiger charge is -2.37. The summed E-state index contributed by atoms with van der Waals surface area (Å²) in [7, 11) is 0. The zero-order valence-electron chi connectivity index (χ0n) is 11.7. The Bertz CT molecular complexity index is 525. The SMILES string of the molecule is Cc1c(N=O)cc2c(c1C)O[C@](C)(CCC=O)CC2. The molecular weight excluding hydrogens is 242 g/mol. The van der Waals surface area contributed by atoms with E-state index in [9.17, 15) is 9.70 Å². The Kier molecular flexibility index (Phi) is 3.69. The molecule has 1 aliphatic heterocycles. The molecule has 0 spiro atoms. The van der Waals surface area contributed by atoms with Crippen molar-refractivity contribution in [2.24, 2.45) is 5.18 Å². The fraction of sp³-hybridized carbons (Fsp3) is 0.533. The molecular formula is C15H19NO3. The van der Waals surface area contributed by atoms with E-state index in [1.807, 2.05) is 26.8 Å². The summed E-state index contributed by atoms with van der Waals surface area (Å²) in [5.41, 5.74) is 3.09. The topological polar surface area (TPSA) is 55.7 Å². The van der Waals surface area contributed by atoms with Crippen molar-refractivity contribution in [3.05, 3.63) is 27.7 Å². The summed E-state index contributed by atoms with van der Waals surface area (Å²) in [6, 6.07) is 1.82. The number of nitroso groups, excluding NO2 is 1. The molecule has 4 heteroatoms. The van der Waals surface area contributed by atoms with Gasteiger partial charge in [0.1, 0.15) is 23.3 Å². The second kappa shape index (κ2) is 5.11. The Hall–Kier alpha value is -1.71. The van der Waals surface area contributed by atoms with E-state index < -0.39 is 0 Å². The van der Waals surface area contributed by atoms with Gasteiger partial charge in [-0.25, -0.2) is 0 Å². The van der Waals surface area contributed by atoms with Gasteiger partial charge in [-0.1, -0.05) is 0 Å². The van der Waals surface area contributed by atoms with E-state index >= 15 is 0 Å². The number of hydrogen-bond donors (Lipinski definition) is 0. The maximum Gasteiger partial charge on any atom is 0.126 e. The summed E-state index contributed by atoms with van der Waals surface area (Å²) in [5, 5.41) is 3.07. The number of ether oxygens (including phenoxy) is 1. The number of rotatable bonds is 4. The highest BCUT2D eigenvalue weighted by atomic mass is 16.5. The molecule has 1 atom stereocenters. The first-order valence-corrected chi connectivity index (χ1v) is 6.60. The Morgan fingerprint density at radius 3 is 2.79 bits per heavy atom. The lowest BCUT2D eigenvalue weighted by Crippen LogP contribution is -2.36. The van der Waals surface area contributed by atoms with Crippen LogP contribution >= 0.6 is 0 Å². The molecule has 0 aliphatic carbocycles. The van der Waals surface area contributed by atoms with E-state index in [1.54, 1.807) is 0 Å². The van der Waals surface area contributed by atoms with Gasteiger partial charge in [0.25, 0.3) is 0 Å². The number of aryl methyl sites for hydroxylation is 1. The average Bonchev–Trinajstić information content (AvgIpc) is 2.41. The molecule has 0 radical (unpaired) electrons. The Morgan fingerprint density at radius 2 is 2.16 bits per heavy atom. The summed E-state index contributed by atoms with van der Waals surface area (Å²) in [6.45, 7) is 5.88. The van der Waals surface area contributed by atoms with Gasteiger partial charge in [-0.3, -0.25) is 0 Å². The van der Waals surface area contributed by atoms with Gasteiger partial charge in [-0.05, 0) is 68.0 Å². The predicted octanol–water partition coefficient (Wildman–Crippen LogP) is 3.76. The van der Waals surface area contributed by atoms with Gasteiger partial charge >= 0.3 is 0 Å². The van der Waals surface area contributed by atoms with Crippen molar-refractivity contribution in [1.29, 1.82) is 0 Å². The lowest BCUT2D eigenvalue weighted by atomic mass is 9.87. The number of carbonyl (C=O) groups is 1. The first-order valence-electron chi connectivity index (χ1n) is 6.60. The molecule has 2 rings (SSSR count). The standard InChI is InChI=1S/C15H19NO3/c1-10-11(2)14-12(9-13(10)16-18)5-7-15(3,19-14)6-4-8-17/h8-9H,4-7H2,1-3H3/t15-/m1/s1. The van der Waals surface area contributed by atoms with Crippen molar-refractivity contribution in [3.63, 3.8) is 0 Å². The largest absolute Gasteiger partial charge is 0.487 e. The van der Waals surface area contributed by atoms with Crippen LogP contribution in [0, 0.1) is 18.8 Å². The Morgan fingerprint density at radius 1 is 1.42 bits per heavy atom. The summed E-state index contributed by atoms with van der Waals surface area (Å²) in [6.07, 6.45) is 3.88. The molecule has 0 aromatic heterocycles. The smallest absolute Gasteiger partial charge is 0.126 e. The fourth-order valence-electron chi connectivity index (χ4n) is 2.60. The minimum absolute atomic E-state index is 0.290. The van der Waals surface area contributed by atoms with E-state index in [4.69, 9.17) is 4.74 Å². The van der Waals surface area contributed by atoms with E-state index in [-0.39, 0.29) is 5.60 Å². The minimum atomic E-state index is -0.290. The normalized spacial score (nSPS) is 21.4. The highest BCUT2D eigenvalue weighted by Gasteiger charge is 2.32. The first kappa shape index (κ1) is 13.7. The third-order valence-electron chi connectivity index (χ3n) is 4.05. The van der Waals surface area contributed by atoms with E-state index in [2.05, 4.69) is 5.18 Å². The van der Waals surface area contributed by atoms with E-state index in [0.717, 1.165) is 48.0 Å². The highest BCUT2D eigenvalue weighted by molar-refractivity contribution is 5.59. The molecule has 0 saturated carbocycles. The zero-order chi connectivity index (χ0) is 14.0. The summed E-state index contributed by atoms with van der Waals surface area (Å²) in [5.74, 6) is 0.865. The van der Waals surface area contributed by atoms with Gasteiger partial charge in [-0.2, -0.15) is 0 Å². The molecule has 1 aliphatic rings. The Labute approximate surface area is 113 Å². The van der Waals surface area contributed by atoms with E-state index in [0.29, 0.717) is 12.1 Å². The second-order valence-corrected chi connectivity index (χ2v) is 5.48. The van der Waals surface area contributed by atoms with Gasteiger partial charge in [0.2, 0.25) is 0 Å². The molecule has 102 valence electrons. The van der Waals surface area contributed by atoms with Crippen LogP contribution in [0.4, 0.5) is 5.69 Å². The summed E-state index contributed by atoms with van der Waals surface area (Å²) >= 11 is 0. The average molecular weight is 261 g/mol. The van der Waals surface area contributed by atoms with Crippen LogP contribution in [0.5, 0.6) is 5.75 Å². The van der Waals surface area contributed by atoms with Gasteiger partial charge in [0.15, 0.2) is 0 Å². The van der Waals surface area contributed by atoms with Crippen LogP contribution in [0.1, 0.15) is 42.9 Å². The van der Waals surface area contributed by atoms with Crippen LogP contribution in [0.25, 0.3) is 0 Å². The van der Waals surface area contributed by atoms with Crippen LogP contribution in [-0.2, 0) is 11.2 Å².